The molecule has 0 atom stereocenters. The Kier molecular flexibility index (Phi) is 5.54. The first kappa shape index (κ1) is 17.2. The molecule has 2 rings (SSSR count). The van der Waals surface area contributed by atoms with Gasteiger partial charge in [0.2, 0.25) is 0 Å². The first-order valence-corrected chi connectivity index (χ1v) is 7.91. The smallest absolute Gasteiger partial charge is 0.123 e. The summed E-state index contributed by atoms with van der Waals surface area (Å²) in [5.74, 6) is 2.50. The van der Waals surface area contributed by atoms with Crippen molar-refractivity contribution in [2.75, 3.05) is 20.3 Å². The highest BCUT2D eigenvalue weighted by atomic mass is 16.5. The molecule has 0 N–H and O–H groups in total. The zero-order chi connectivity index (χ0) is 16.9. The highest BCUT2D eigenvalue weighted by molar-refractivity contribution is 5.41. The molecule has 0 saturated heterocycles. The standard InChI is InChI=1S/C20H26O3/c1-15-9-10-19(18(13-15)20(2,3)4)23-12-11-22-17-8-6-7-16(14-17)21-5/h6-10,13-14H,11-12H2,1-5H3. The Bertz CT molecular complexity index is 642. The van der Waals surface area contributed by atoms with Gasteiger partial charge in [0.1, 0.15) is 30.5 Å². The second kappa shape index (κ2) is 7.40. The Balaban J connectivity index is 1.94. The van der Waals surface area contributed by atoms with Gasteiger partial charge >= 0.3 is 0 Å². The Labute approximate surface area is 139 Å². The molecule has 0 amide bonds. The molecule has 2 aromatic carbocycles. The molecule has 0 radical (unpaired) electrons. The number of ether oxygens (including phenoxy) is 3. The van der Waals surface area contributed by atoms with E-state index in [1.165, 1.54) is 11.1 Å². The maximum Gasteiger partial charge on any atom is 0.123 e. The van der Waals surface area contributed by atoms with Gasteiger partial charge in [-0.3, -0.25) is 0 Å². The largest absolute Gasteiger partial charge is 0.497 e. The van der Waals surface area contributed by atoms with Gasteiger partial charge in [-0.15, -0.1) is 0 Å². The lowest BCUT2D eigenvalue weighted by atomic mass is 9.85. The van der Waals surface area contributed by atoms with Crippen molar-refractivity contribution in [3.05, 3.63) is 53.6 Å². The minimum Gasteiger partial charge on any atom is -0.497 e. The van der Waals surface area contributed by atoms with Gasteiger partial charge in [0.15, 0.2) is 0 Å². The van der Waals surface area contributed by atoms with Crippen LogP contribution in [-0.2, 0) is 5.41 Å². The summed E-state index contributed by atoms with van der Waals surface area (Å²) >= 11 is 0. The van der Waals surface area contributed by atoms with Crippen LogP contribution in [0.2, 0.25) is 0 Å². The first-order chi connectivity index (χ1) is 10.9. The van der Waals surface area contributed by atoms with E-state index in [-0.39, 0.29) is 5.41 Å². The van der Waals surface area contributed by atoms with Gasteiger partial charge in [-0.2, -0.15) is 0 Å². The predicted octanol–water partition coefficient (Wildman–Crippen LogP) is 4.76. The van der Waals surface area contributed by atoms with Gasteiger partial charge in [0, 0.05) is 6.07 Å². The third-order valence-electron chi connectivity index (χ3n) is 3.59. The van der Waals surface area contributed by atoms with Crippen LogP contribution in [-0.4, -0.2) is 20.3 Å². The molecule has 23 heavy (non-hydrogen) atoms. The molecule has 0 aliphatic carbocycles. The molecular formula is C20H26O3. The van der Waals surface area contributed by atoms with Crippen molar-refractivity contribution in [3.63, 3.8) is 0 Å². The van der Waals surface area contributed by atoms with Crippen molar-refractivity contribution in [3.8, 4) is 17.2 Å². The molecule has 124 valence electrons. The normalized spacial score (nSPS) is 11.2. The first-order valence-electron chi connectivity index (χ1n) is 7.91. The molecule has 3 nitrogen and oxygen atoms in total. The minimum atomic E-state index is 0.0506. The number of hydrogen-bond acceptors (Lipinski definition) is 3. The summed E-state index contributed by atoms with van der Waals surface area (Å²) in [6.45, 7) is 9.68. The summed E-state index contributed by atoms with van der Waals surface area (Å²) in [7, 11) is 1.65. The SMILES string of the molecule is COc1cccc(OCCOc2ccc(C)cc2C(C)(C)C)c1. The number of rotatable bonds is 6. The molecule has 0 fully saturated rings. The zero-order valence-electron chi connectivity index (χ0n) is 14.7. The van der Waals surface area contributed by atoms with E-state index in [2.05, 4.69) is 39.8 Å². The summed E-state index contributed by atoms with van der Waals surface area (Å²) in [5.41, 5.74) is 2.52. The van der Waals surface area contributed by atoms with Gasteiger partial charge in [0.05, 0.1) is 7.11 Å². The second-order valence-corrected chi connectivity index (χ2v) is 6.63. The Hall–Kier alpha value is -2.16. The zero-order valence-corrected chi connectivity index (χ0v) is 14.7. The third-order valence-corrected chi connectivity index (χ3v) is 3.59. The molecule has 3 heteroatoms. The van der Waals surface area contributed by atoms with Crippen LogP contribution >= 0.6 is 0 Å². The summed E-state index contributed by atoms with van der Waals surface area (Å²) in [4.78, 5) is 0. The Morgan fingerprint density at radius 3 is 2.26 bits per heavy atom. The Morgan fingerprint density at radius 1 is 0.870 bits per heavy atom. The van der Waals surface area contributed by atoms with Crippen LogP contribution in [0, 0.1) is 6.92 Å². The van der Waals surface area contributed by atoms with Crippen molar-refractivity contribution in [1.29, 1.82) is 0 Å². The number of benzene rings is 2. The summed E-state index contributed by atoms with van der Waals surface area (Å²) in [6, 6.07) is 13.9. The van der Waals surface area contributed by atoms with Crippen LogP contribution in [0.4, 0.5) is 0 Å². The van der Waals surface area contributed by atoms with Crippen LogP contribution in [0.1, 0.15) is 31.9 Å². The summed E-state index contributed by atoms with van der Waals surface area (Å²) < 4.78 is 16.8. The fourth-order valence-electron chi connectivity index (χ4n) is 2.36. The van der Waals surface area contributed by atoms with Gasteiger partial charge in [-0.05, 0) is 36.1 Å². The molecule has 0 aromatic heterocycles. The van der Waals surface area contributed by atoms with Gasteiger partial charge in [-0.1, -0.05) is 44.5 Å². The molecule has 0 aliphatic rings. The summed E-state index contributed by atoms with van der Waals surface area (Å²) in [6.07, 6.45) is 0. The summed E-state index contributed by atoms with van der Waals surface area (Å²) in [5, 5.41) is 0. The lowest BCUT2D eigenvalue weighted by Gasteiger charge is -2.23. The monoisotopic (exact) mass is 314 g/mol. The maximum absolute atomic E-state index is 5.94. The molecule has 0 unspecified atom stereocenters. The van der Waals surface area contributed by atoms with E-state index >= 15 is 0 Å². The van der Waals surface area contributed by atoms with E-state index in [1.54, 1.807) is 7.11 Å². The van der Waals surface area contributed by atoms with Crippen LogP contribution < -0.4 is 14.2 Å². The highest BCUT2D eigenvalue weighted by Gasteiger charge is 2.19. The average Bonchev–Trinajstić information content (AvgIpc) is 2.52. The van der Waals surface area contributed by atoms with Crippen LogP contribution in [0.15, 0.2) is 42.5 Å². The number of aryl methyl sites for hydroxylation is 1. The maximum atomic E-state index is 5.94. The van der Waals surface area contributed by atoms with Crippen LogP contribution in [0.3, 0.4) is 0 Å². The lowest BCUT2D eigenvalue weighted by Crippen LogP contribution is -2.16. The topological polar surface area (TPSA) is 27.7 Å². The average molecular weight is 314 g/mol. The molecule has 0 aliphatic heterocycles. The Morgan fingerprint density at radius 2 is 1.57 bits per heavy atom. The predicted molar refractivity (Wildman–Crippen MR) is 93.9 cm³/mol. The minimum absolute atomic E-state index is 0.0506. The van der Waals surface area contributed by atoms with E-state index in [4.69, 9.17) is 14.2 Å². The highest BCUT2D eigenvalue weighted by Crippen LogP contribution is 2.32. The van der Waals surface area contributed by atoms with Gasteiger partial charge in [0.25, 0.3) is 0 Å². The van der Waals surface area contributed by atoms with E-state index in [1.807, 2.05) is 30.3 Å². The second-order valence-electron chi connectivity index (χ2n) is 6.63. The van der Waals surface area contributed by atoms with Crippen molar-refractivity contribution in [2.45, 2.75) is 33.1 Å². The quantitative estimate of drug-likeness (QED) is 0.720. The van der Waals surface area contributed by atoms with Crippen molar-refractivity contribution in [1.82, 2.24) is 0 Å². The van der Waals surface area contributed by atoms with Crippen molar-refractivity contribution < 1.29 is 14.2 Å². The van der Waals surface area contributed by atoms with E-state index in [0.29, 0.717) is 13.2 Å². The van der Waals surface area contributed by atoms with Gasteiger partial charge in [-0.25, -0.2) is 0 Å². The van der Waals surface area contributed by atoms with Crippen molar-refractivity contribution >= 4 is 0 Å². The molecule has 0 saturated carbocycles. The van der Waals surface area contributed by atoms with E-state index < -0.39 is 0 Å². The fourth-order valence-corrected chi connectivity index (χ4v) is 2.36. The number of methoxy groups -OCH3 is 1. The molecule has 0 heterocycles. The molecule has 2 aromatic rings. The van der Waals surface area contributed by atoms with E-state index in [0.717, 1.165) is 17.2 Å². The van der Waals surface area contributed by atoms with Crippen molar-refractivity contribution in [2.24, 2.45) is 0 Å². The van der Waals surface area contributed by atoms with Crippen LogP contribution in [0.25, 0.3) is 0 Å². The van der Waals surface area contributed by atoms with Crippen LogP contribution in [0.5, 0.6) is 17.2 Å². The fraction of sp³-hybridized carbons (Fsp3) is 0.400. The van der Waals surface area contributed by atoms with Gasteiger partial charge < -0.3 is 14.2 Å². The molecule has 0 spiro atoms. The number of hydrogen-bond donors (Lipinski definition) is 0. The molecular weight excluding hydrogens is 288 g/mol. The van der Waals surface area contributed by atoms with E-state index in [9.17, 15) is 0 Å². The third kappa shape index (κ3) is 4.92. The molecule has 0 bridgehead atoms. The lowest BCUT2D eigenvalue weighted by molar-refractivity contribution is 0.213.